The summed E-state index contributed by atoms with van der Waals surface area (Å²) in [5, 5.41) is 0. The first-order chi connectivity index (χ1) is 4.61. The summed E-state index contributed by atoms with van der Waals surface area (Å²) in [4.78, 5) is 12.8. The van der Waals surface area contributed by atoms with E-state index in [1.807, 2.05) is 11.8 Å². The zero-order valence-corrected chi connectivity index (χ0v) is 8.09. The van der Waals surface area contributed by atoms with Crippen molar-refractivity contribution in [3.05, 3.63) is 12.2 Å². The van der Waals surface area contributed by atoms with Crippen LogP contribution in [0.1, 0.15) is 6.92 Å². The van der Waals surface area contributed by atoms with Crippen molar-refractivity contribution in [2.24, 2.45) is 0 Å². The van der Waals surface area contributed by atoms with Crippen molar-refractivity contribution in [1.82, 2.24) is 4.90 Å². The van der Waals surface area contributed by atoms with Crippen LogP contribution in [0, 0.1) is 0 Å². The Morgan fingerprint density at radius 1 is 2.00 bits per heavy atom. The van der Waals surface area contributed by atoms with E-state index in [9.17, 15) is 4.79 Å². The van der Waals surface area contributed by atoms with Crippen LogP contribution in [-0.4, -0.2) is 27.8 Å². The second kappa shape index (κ2) is 2.90. The molecule has 1 atom stereocenters. The lowest BCUT2D eigenvalue weighted by Crippen LogP contribution is -2.53. The normalized spacial score (nSPS) is 24.4. The number of carbonyl (C=O) groups is 1. The second-order valence-electron chi connectivity index (χ2n) is 2.64. The van der Waals surface area contributed by atoms with Gasteiger partial charge in [-0.15, -0.1) is 0 Å². The lowest BCUT2D eigenvalue weighted by Gasteiger charge is -2.35. The van der Waals surface area contributed by atoms with Gasteiger partial charge in [0.1, 0.15) is 3.92 Å². The van der Waals surface area contributed by atoms with Crippen LogP contribution in [0.3, 0.4) is 0 Å². The first-order valence-corrected chi connectivity index (χ1v) is 4.43. The Morgan fingerprint density at radius 2 is 2.60 bits per heavy atom. The van der Waals surface area contributed by atoms with Gasteiger partial charge in [-0.05, 0) is 6.92 Å². The van der Waals surface area contributed by atoms with Crippen molar-refractivity contribution < 1.29 is 4.79 Å². The number of hydrogen-bond acceptors (Lipinski definition) is 1. The minimum Gasteiger partial charge on any atom is -0.336 e. The predicted molar refractivity (Wildman–Crippen MR) is 49.2 cm³/mol. The fourth-order valence-electron chi connectivity index (χ4n) is 0.916. The molecule has 1 fully saturated rings. The second-order valence-corrected chi connectivity index (χ2v) is 4.15. The molecule has 0 N–H and O–H groups in total. The average Bonchev–Trinajstić information content (AvgIpc) is 1.86. The Hall–Kier alpha value is -0.0600. The van der Waals surface area contributed by atoms with Crippen molar-refractivity contribution in [3.8, 4) is 0 Å². The van der Waals surface area contributed by atoms with E-state index in [4.69, 9.17) is 0 Å². The molecule has 0 aromatic heterocycles. The third kappa shape index (κ3) is 1.51. The molecule has 0 saturated carbocycles. The first-order valence-electron chi connectivity index (χ1n) is 3.18. The predicted octanol–water partition coefficient (Wildman–Crippen LogP) is 1.21. The van der Waals surface area contributed by atoms with Gasteiger partial charge in [-0.3, -0.25) is 4.79 Å². The third-order valence-corrected chi connectivity index (χ3v) is 2.35. The standard InChI is InChI=1S/C7H10INO/c1-5(2)3-9-4-6(8)7(9)10/h6H,1,3-4H2,2H3. The first kappa shape index (κ1) is 8.04. The fourth-order valence-corrected chi connectivity index (χ4v) is 1.78. The Labute approximate surface area is 74.4 Å². The van der Waals surface area contributed by atoms with E-state index in [1.54, 1.807) is 0 Å². The van der Waals surface area contributed by atoms with Gasteiger partial charge in [-0.2, -0.15) is 0 Å². The number of β-lactam (4-membered cyclic amide) rings is 1. The third-order valence-electron chi connectivity index (χ3n) is 1.42. The van der Waals surface area contributed by atoms with Crippen LogP contribution in [0.5, 0.6) is 0 Å². The molecule has 1 unspecified atom stereocenters. The zero-order chi connectivity index (χ0) is 7.72. The highest BCUT2D eigenvalue weighted by Gasteiger charge is 2.33. The van der Waals surface area contributed by atoms with Gasteiger partial charge in [-0.25, -0.2) is 0 Å². The monoisotopic (exact) mass is 251 g/mol. The van der Waals surface area contributed by atoms with E-state index in [0.29, 0.717) is 0 Å². The van der Waals surface area contributed by atoms with Gasteiger partial charge in [0, 0.05) is 13.1 Å². The van der Waals surface area contributed by atoms with Gasteiger partial charge >= 0.3 is 0 Å². The molecule has 0 aliphatic carbocycles. The molecule has 56 valence electrons. The lowest BCUT2D eigenvalue weighted by atomic mass is 10.2. The van der Waals surface area contributed by atoms with Gasteiger partial charge in [0.05, 0.1) is 0 Å². The zero-order valence-electron chi connectivity index (χ0n) is 5.93. The van der Waals surface area contributed by atoms with E-state index in [2.05, 4.69) is 29.2 Å². The maximum atomic E-state index is 11.0. The molecule has 1 amide bonds. The Bertz CT molecular complexity index is 178. The number of amides is 1. The Balaban J connectivity index is 2.34. The van der Waals surface area contributed by atoms with Crippen LogP contribution >= 0.6 is 22.6 Å². The molecule has 2 nitrogen and oxygen atoms in total. The number of carbonyl (C=O) groups excluding carboxylic acids is 1. The van der Waals surface area contributed by atoms with Crippen LogP contribution in [0.4, 0.5) is 0 Å². The lowest BCUT2D eigenvalue weighted by molar-refractivity contribution is -0.137. The average molecular weight is 251 g/mol. The maximum absolute atomic E-state index is 11.0. The highest BCUT2D eigenvalue weighted by Crippen LogP contribution is 2.18. The molecule has 0 bridgehead atoms. The molecule has 1 aliphatic rings. The van der Waals surface area contributed by atoms with E-state index in [1.165, 1.54) is 0 Å². The topological polar surface area (TPSA) is 20.3 Å². The fraction of sp³-hybridized carbons (Fsp3) is 0.571. The van der Waals surface area contributed by atoms with Gasteiger partial charge in [0.2, 0.25) is 5.91 Å². The smallest absolute Gasteiger partial charge is 0.237 e. The SMILES string of the molecule is C=C(C)CN1CC(I)C1=O. The molecule has 1 aliphatic heterocycles. The van der Waals surface area contributed by atoms with Crippen molar-refractivity contribution in [1.29, 1.82) is 0 Å². The van der Waals surface area contributed by atoms with Crippen LogP contribution in [0.25, 0.3) is 0 Å². The molecular weight excluding hydrogens is 241 g/mol. The Morgan fingerprint density at radius 3 is 2.90 bits per heavy atom. The molecule has 1 saturated heterocycles. The minimum atomic E-state index is 0.219. The number of likely N-dealkylation sites (tertiary alicyclic amines) is 1. The minimum absolute atomic E-state index is 0.219. The summed E-state index contributed by atoms with van der Waals surface area (Å²) in [6.45, 7) is 7.31. The van der Waals surface area contributed by atoms with Gasteiger partial charge < -0.3 is 4.90 Å². The number of rotatable bonds is 2. The largest absolute Gasteiger partial charge is 0.336 e. The number of hydrogen-bond donors (Lipinski definition) is 0. The number of nitrogens with zero attached hydrogens (tertiary/aromatic N) is 1. The highest BCUT2D eigenvalue weighted by molar-refractivity contribution is 14.1. The summed E-state index contributed by atoms with van der Waals surface area (Å²) in [7, 11) is 0. The molecule has 0 aromatic carbocycles. The van der Waals surface area contributed by atoms with Crippen molar-refractivity contribution >= 4 is 28.5 Å². The van der Waals surface area contributed by atoms with Crippen LogP contribution in [-0.2, 0) is 4.79 Å². The highest BCUT2D eigenvalue weighted by atomic mass is 127. The van der Waals surface area contributed by atoms with Crippen molar-refractivity contribution in [2.75, 3.05) is 13.1 Å². The van der Waals surface area contributed by atoms with Crippen LogP contribution in [0.15, 0.2) is 12.2 Å². The Kier molecular flexibility index (Phi) is 2.33. The van der Waals surface area contributed by atoms with Crippen molar-refractivity contribution in [3.63, 3.8) is 0 Å². The van der Waals surface area contributed by atoms with Gasteiger partial charge in [0.25, 0.3) is 0 Å². The van der Waals surface area contributed by atoms with E-state index in [-0.39, 0.29) is 9.83 Å². The van der Waals surface area contributed by atoms with Crippen molar-refractivity contribution in [2.45, 2.75) is 10.8 Å². The van der Waals surface area contributed by atoms with Crippen LogP contribution in [0.2, 0.25) is 0 Å². The molecular formula is C7H10INO. The van der Waals surface area contributed by atoms with Crippen LogP contribution < -0.4 is 0 Å². The maximum Gasteiger partial charge on any atom is 0.237 e. The molecule has 10 heavy (non-hydrogen) atoms. The summed E-state index contributed by atoms with van der Waals surface area (Å²) >= 11 is 2.16. The summed E-state index contributed by atoms with van der Waals surface area (Å²) in [6.07, 6.45) is 0. The molecule has 0 radical (unpaired) electrons. The van der Waals surface area contributed by atoms with E-state index >= 15 is 0 Å². The van der Waals surface area contributed by atoms with E-state index < -0.39 is 0 Å². The molecule has 0 aromatic rings. The number of alkyl halides is 1. The quantitative estimate of drug-likeness (QED) is 0.312. The molecule has 3 heteroatoms. The van der Waals surface area contributed by atoms with E-state index in [0.717, 1.165) is 18.7 Å². The molecule has 0 spiro atoms. The molecule has 1 rings (SSSR count). The summed E-state index contributed by atoms with van der Waals surface area (Å²) in [5.74, 6) is 0.253. The summed E-state index contributed by atoms with van der Waals surface area (Å²) < 4.78 is 0.219. The molecule has 1 heterocycles. The summed E-state index contributed by atoms with van der Waals surface area (Å²) in [5.41, 5.74) is 1.05. The summed E-state index contributed by atoms with van der Waals surface area (Å²) in [6, 6.07) is 0. The van der Waals surface area contributed by atoms with Gasteiger partial charge in [0.15, 0.2) is 0 Å². The van der Waals surface area contributed by atoms with Gasteiger partial charge in [-0.1, -0.05) is 34.7 Å². The number of halogens is 1.